The molecule has 2 aromatic rings. The van der Waals surface area contributed by atoms with E-state index in [0.29, 0.717) is 13.2 Å². The lowest BCUT2D eigenvalue weighted by atomic mass is 9.54. The molecule has 0 radical (unpaired) electrons. The van der Waals surface area contributed by atoms with Crippen molar-refractivity contribution in [2.24, 2.45) is 5.41 Å². The van der Waals surface area contributed by atoms with E-state index in [4.69, 9.17) is 13.9 Å². The van der Waals surface area contributed by atoms with Gasteiger partial charge in [-0.25, -0.2) is 0 Å². The number of methoxy groups -OCH3 is 1. The molecule has 1 aromatic carbocycles. The fourth-order valence-electron chi connectivity index (χ4n) is 3.65. The van der Waals surface area contributed by atoms with Crippen molar-refractivity contribution < 1.29 is 19.0 Å². The number of nitrogens with one attached hydrogen (secondary N) is 1. The number of rotatable bonds is 7. The largest absolute Gasteiger partial charge is 0.497 e. The number of fused-ring (bicyclic) bond motifs is 1. The van der Waals surface area contributed by atoms with E-state index in [0.717, 1.165) is 28.9 Å². The van der Waals surface area contributed by atoms with Gasteiger partial charge in [-0.05, 0) is 37.6 Å². The van der Waals surface area contributed by atoms with E-state index < -0.39 is 0 Å². The summed E-state index contributed by atoms with van der Waals surface area (Å²) >= 11 is 0. The third-order valence-electron chi connectivity index (χ3n) is 5.59. The van der Waals surface area contributed by atoms with E-state index in [9.17, 15) is 5.11 Å². The monoisotopic (exact) mass is 333 g/mol. The van der Waals surface area contributed by atoms with Crippen LogP contribution in [0.5, 0.6) is 5.75 Å². The Labute approximate surface area is 142 Å². The summed E-state index contributed by atoms with van der Waals surface area (Å²) in [5, 5.41) is 14.5. The maximum absolute atomic E-state index is 9.98. The molecule has 0 unspecified atom stereocenters. The fourth-order valence-corrected chi connectivity index (χ4v) is 3.65. The van der Waals surface area contributed by atoms with Gasteiger partial charge in [0.1, 0.15) is 17.1 Å². The molecule has 0 saturated heterocycles. The molecule has 5 heteroatoms. The van der Waals surface area contributed by atoms with Crippen molar-refractivity contribution >= 4 is 11.0 Å². The second kappa shape index (κ2) is 6.39. The Morgan fingerprint density at radius 3 is 2.75 bits per heavy atom. The summed E-state index contributed by atoms with van der Waals surface area (Å²) in [5.41, 5.74) is 0.363. The highest BCUT2D eigenvalue weighted by Crippen LogP contribution is 2.51. The molecule has 1 fully saturated rings. The molecule has 0 bridgehead atoms. The Bertz CT molecular complexity index is 708. The van der Waals surface area contributed by atoms with Crippen LogP contribution in [0.25, 0.3) is 11.0 Å². The van der Waals surface area contributed by atoms with Crippen LogP contribution < -0.4 is 10.1 Å². The van der Waals surface area contributed by atoms with Crippen LogP contribution in [0.15, 0.2) is 28.7 Å². The summed E-state index contributed by atoms with van der Waals surface area (Å²) in [6, 6.07) is 7.78. The lowest BCUT2D eigenvalue weighted by Crippen LogP contribution is -2.73. The molecule has 1 aliphatic carbocycles. The Kier molecular flexibility index (Phi) is 4.60. The number of benzene rings is 1. The minimum Gasteiger partial charge on any atom is -0.497 e. The molecule has 24 heavy (non-hydrogen) atoms. The van der Waals surface area contributed by atoms with Gasteiger partial charge in [0.25, 0.3) is 0 Å². The zero-order chi connectivity index (χ0) is 17.4. The van der Waals surface area contributed by atoms with Crippen LogP contribution >= 0.6 is 0 Å². The Balaban J connectivity index is 1.72. The zero-order valence-corrected chi connectivity index (χ0v) is 14.9. The molecule has 3 rings (SSSR count). The van der Waals surface area contributed by atoms with E-state index >= 15 is 0 Å². The SMILES string of the molecule is CCO[C@@H]1C[C@](CO)(NCc2cc3cc(OC)ccc3o2)C1(C)C. The molecule has 1 heterocycles. The van der Waals surface area contributed by atoms with Crippen molar-refractivity contribution in [2.75, 3.05) is 20.3 Å². The third kappa shape index (κ3) is 2.70. The standard InChI is InChI=1S/C19H27NO4/c1-5-23-17-10-19(12-21,18(17,2)3)20-11-15-9-13-8-14(22-4)6-7-16(13)24-15/h6-9,17,20-21H,5,10-12H2,1-4H3/t17-,19-/m1/s1. The van der Waals surface area contributed by atoms with Gasteiger partial charge >= 0.3 is 0 Å². The zero-order valence-electron chi connectivity index (χ0n) is 14.9. The molecule has 0 aliphatic heterocycles. The van der Waals surface area contributed by atoms with Crippen LogP contribution in [0.3, 0.4) is 0 Å². The maximum atomic E-state index is 9.98. The highest BCUT2D eigenvalue weighted by molar-refractivity contribution is 5.79. The van der Waals surface area contributed by atoms with Gasteiger partial charge in [0.15, 0.2) is 0 Å². The topological polar surface area (TPSA) is 63.9 Å². The number of hydrogen-bond acceptors (Lipinski definition) is 5. The van der Waals surface area contributed by atoms with Crippen LogP contribution in [0, 0.1) is 5.41 Å². The Morgan fingerprint density at radius 1 is 1.33 bits per heavy atom. The van der Waals surface area contributed by atoms with E-state index in [1.807, 2.05) is 31.2 Å². The van der Waals surface area contributed by atoms with Gasteiger partial charge in [-0.1, -0.05) is 13.8 Å². The molecule has 1 aliphatic rings. The summed E-state index contributed by atoms with van der Waals surface area (Å²) in [6.45, 7) is 7.64. The minimum atomic E-state index is -0.344. The second-order valence-corrected chi connectivity index (χ2v) is 7.08. The number of aliphatic hydroxyl groups is 1. The predicted molar refractivity (Wildman–Crippen MR) is 93.2 cm³/mol. The van der Waals surface area contributed by atoms with Crippen molar-refractivity contribution in [2.45, 2.75) is 45.4 Å². The number of furan rings is 1. The number of aliphatic hydroxyl groups excluding tert-OH is 1. The van der Waals surface area contributed by atoms with Gasteiger partial charge in [0, 0.05) is 17.4 Å². The highest BCUT2D eigenvalue weighted by Gasteiger charge is 2.60. The molecule has 2 atom stereocenters. The van der Waals surface area contributed by atoms with Crippen LogP contribution in [0.2, 0.25) is 0 Å². The summed E-state index contributed by atoms with van der Waals surface area (Å²) in [6.07, 6.45) is 0.973. The first-order chi connectivity index (χ1) is 11.5. The van der Waals surface area contributed by atoms with Crippen molar-refractivity contribution in [3.63, 3.8) is 0 Å². The fraction of sp³-hybridized carbons (Fsp3) is 0.579. The summed E-state index contributed by atoms with van der Waals surface area (Å²) < 4.78 is 16.9. The van der Waals surface area contributed by atoms with Crippen molar-refractivity contribution in [3.8, 4) is 5.75 Å². The first kappa shape index (κ1) is 17.3. The minimum absolute atomic E-state index is 0.0810. The van der Waals surface area contributed by atoms with Gasteiger partial charge in [-0.2, -0.15) is 0 Å². The van der Waals surface area contributed by atoms with E-state index in [1.54, 1.807) is 7.11 Å². The van der Waals surface area contributed by atoms with Crippen LogP contribution in [0.1, 0.15) is 33.0 Å². The first-order valence-electron chi connectivity index (χ1n) is 8.49. The predicted octanol–water partition coefficient (Wildman–Crippen LogP) is 3.10. The van der Waals surface area contributed by atoms with E-state index in [2.05, 4.69) is 19.2 Å². The summed E-state index contributed by atoms with van der Waals surface area (Å²) in [4.78, 5) is 0. The van der Waals surface area contributed by atoms with Gasteiger partial charge < -0.3 is 24.3 Å². The normalized spacial score (nSPS) is 25.6. The molecular weight excluding hydrogens is 306 g/mol. The number of hydrogen-bond donors (Lipinski definition) is 2. The lowest BCUT2D eigenvalue weighted by molar-refractivity contribution is -0.178. The molecule has 0 amide bonds. The maximum Gasteiger partial charge on any atom is 0.134 e. The van der Waals surface area contributed by atoms with Gasteiger partial charge in [-0.3, -0.25) is 0 Å². The quantitative estimate of drug-likeness (QED) is 0.815. The van der Waals surface area contributed by atoms with Gasteiger partial charge in [0.05, 0.1) is 31.9 Å². The molecule has 5 nitrogen and oxygen atoms in total. The van der Waals surface area contributed by atoms with Crippen LogP contribution in [-0.2, 0) is 11.3 Å². The molecule has 0 spiro atoms. The average molecular weight is 333 g/mol. The second-order valence-electron chi connectivity index (χ2n) is 7.08. The third-order valence-corrected chi connectivity index (χ3v) is 5.59. The smallest absolute Gasteiger partial charge is 0.134 e. The Morgan fingerprint density at radius 2 is 2.12 bits per heavy atom. The summed E-state index contributed by atoms with van der Waals surface area (Å²) in [7, 11) is 1.65. The van der Waals surface area contributed by atoms with Crippen LogP contribution in [-0.4, -0.2) is 37.1 Å². The number of ether oxygens (including phenoxy) is 2. The van der Waals surface area contributed by atoms with E-state index in [1.165, 1.54) is 0 Å². The average Bonchev–Trinajstić information content (AvgIpc) is 2.99. The summed E-state index contributed by atoms with van der Waals surface area (Å²) in [5.74, 6) is 1.66. The molecule has 2 N–H and O–H groups in total. The Hall–Kier alpha value is -1.56. The van der Waals surface area contributed by atoms with Gasteiger partial charge in [0.2, 0.25) is 0 Å². The molecule has 1 aromatic heterocycles. The highest BCUT2D eigenvalue weighted by atomic mass is 16.5. The van der Waals surface area contributed by atoms with Crippen LogP contribution in [0.4, 0.5) is 0 Å². The van der Waals surface area contributed by atoms with Crippen molar-refractivity contribution in [1.29, 1.82) is 0 Å². The van der Waals surface area contributed by atoms with Gasteiger partial charge in [-0.15, -0.1) is 0 Å². The lowest BCUT2D eigenvalue weighted by Gasteiger charge is -2.60. The molecule has 132 valence electrons. The van der Waals surface area contributed by atoms with Crippen molar-refractivity contribution in [1.82, 2.24) is 5.32 Å². The molecule has 1 saturated carbocycles. The molecular formula is C19H27NO4. The van der Waals surface area contributed by atoms with Crippen molar-refractivity contribution in [3.05, 3.63) is 30.0 Å². The first-order valence-corrected chi connectivity index (χ1v) is 8.49. The van der Waals surface area contributed by atoms with E-state index in [-0.39, 0.29) is 23.7 Å².